The molecule has 0 aliphatic rings. The number of hydrogen-bond acceptors (Lipinski definition) is 5. The third-order valence-electron chi connectivity index (χ3n) is 3.96. The van der Waals surface area contributed by atoms with E-state index in [1.54, 1.807) is 12.3 Å². The number of carbonyl (C=O) groups excluding carboxylic acids is 1. The lowest BCUT2D eigenvalue weighted by atomic mass is 10.1. The normalized spacial score (nSPS) is 11.0. The third kappa shape index (κ3) is 2.80. The monoisotopic (exact) mass is 406 g/mol. The molecule has 0 saturated heterocycles. The molecule has 0 radical (unpaired) electrons. The number of nitrogens with zero attached hydrogens (tertiary/aromatic N) is 3. The Labute approximate surface area is 150 Å². The predicted molar refractivity (Wildman–Crippen MR) is 96.0 cm³/mol. The van der Waals surface area contributed by atoms with Crippen molar-refractivity contribution in [1.82, 2.24) is 14.1 Å². The molecule has 0 aromatic carbocycles. The van der Waals surface area contributed by atoms with Crippen molar-refractivity contribution in [3.05, 3.63) is 55.2 Å². The van der Waals surface area contributed by atoms with E-state index >= 15 is 0 Å². The molecule has 0 saturated carbocycles. The summed E-state index contributed by atoms with van der Waals surface area (Å²) in [4.78, 5) is 41.4. The van der Waals surface area contributed by atoms with E-state index in [1.807, 2.05) is 6.92 Å². The number of nitrogens with one attached hydrogen (secondary N) is 1. The molecule has 0 fully saturated rings. The van der Waals surface area contributed by atoms with Gasteiger partial charge in [-0.05, 0) is 40.0 Å². The van der Waals surface area contributed by atoms with Crippen molar-refractivity contribution in [2.75, 3.05) is 5.32 Å². The van der Waals surface area contributed by atoms with Gasteiger partial charge in [0, 0.05) is 20.3 Å². The summed E-state index contributed by atoms with van der Waals surface area (Å²) < 4.78 is 7.93. The highest BCUT2D eigenvalue weighted by Crippen LogP contribution is 2.24. The first-order valence-electron chi connectivity index (χ1n) is 7.49. The van der Waals surface area contributed by atoms with E-state index < -0.39 is 17.2 Å². The highest BCUT2D eigenvalue weighted by atomic mass is 79.9. The van der Waals surface area contributed by atoms with Crippen LogP contribution in [0.25, 0.3) is 11.0 Å². The van der Waals surface area contributed by atoms with E-state index in [-0.39, 0.29) is 16.8 Å². The quantitative estimate of drug-likeness (QED) is 0.714. The number of pyridine rings is 1. The molecule has 0 unspecified atom stereocenters. The fourth-order valence-corrected chi connectivity index (χ4v) is 2.90. The van der Waals surface area contributed by atoms with Gasteiger partial charge in [0.15, 0.2) is 16.1 Å². The van der Waals surface area contributed by atoms with Gasteiger partial charge in [0.2, 0.25) is 0 Å². The van der Waals surface area contributed by atoms with Crippen LogP contribution in [0.15, 0.2) is 37.0 Å². The van der Waals surface area contributed by atoms with E-state index in [0.717, 1.165) is 4.57 Å². The fraction of sp³-hybridized carbons (Fsp3) is 0.250. The Hall–Kier alpha value is -2.68. The zero-order chi connectivity index (χ0) is 18.3. The van der Waals surface area contributed by atoms with Gasteiger partial charge >= 0.3 is 5.69 Å². The van der Waals surface area contributed by atoms with Crippen molar-refractivity contribution in [1.29, 1.82) is 0 Å². The fourth-order valence-electron chi connectivity index (χ4n) is 2.59. The predicted octanol–water partition coefficient (Wildman–Crippen LogP) is 1.80. The number of anilines is 1. The molecule has 0 atom stereocenters. The van der Waals surface area contributed by atoms with Crippen molar-refractivity contribution < 1.29 is 9.21 Å². The standard InChI is InChI=1S/C16H15BrN4O4/c1-4-8-7-18-13-11(15(23)21(3)16(24)20(13)2)12(8)19-14(22)9-5-6-10(17)25-9/h5-7H,4H2,1-3H3,(H,18,19,22). The maximum absolute atomic E-state index is 12.6. The molecule has 1 N–H and O–H groups in total. The third-order valence-corrected chi connectivity index (χ3v) is 4.39. The molecule has 0 aliphatic heterocycles. The van der Waals surface area contributed by atoms with Crippen LogP contribution in [-0.2, 0) is 20.5 Å². The maximum Gasteiger partial charge on any atom is 0.332 e. The lowest BCUT2D eigenvalue weighted by Crippen LogP contribution is -2.38. The summed E-state index contributed by atoms with van der Waals surface area (Å²) in [6.07, 6.45) is 2.10. The van der Waals surface area contributed by atoms with Crippen LogP contribution in [0.2, 0.25) is 0 Å². The van der Waals surface area contributed by atoms with E-state index in [2.05, 4.69) is 26.2 Å². The first-order chi connectivity index (χ1) is 11.8. The molecule has 3 heterocycles. The Bertz CT molecular complexity index is 1110. The second kappa shape index (κ2) is 6.32. The van der Waals surface area contributed by atoms with Crippen LogP contribution in [0.4, 0.5) is 5.69 Å². The Balaban J connectivity index is 2.27. The summed E-state index contributed by atoms with van der Waals surface area (Å²) in [5, 5.41) is 2.91. The second-order valence-corrected chi connectivity index (χ2v) is 6.26. The molecule has 3 rings (SSSR count). The van der Waals surface area contributed by atoms with Gasteiger partial charge in [0.25, 0.3) is 11.5 Å². The van der Waals surface area contributed by atoms with Crippen molar-refractivity contribution in [2.45, 2.75) is 13.3 Å². The SMILES string of the molecule is CCc1cnc2c(c1NC(=O)c1ccc(Br)o1)c(=O)n(C)c(=O)n2C. The lowest BCUT2D eigenvalue weighted by molar-refractivity contribution is 0.0995. The summed E-state index contributed by atoms with van der Waals surface area (Å²) in [7, 11) is 2.91. The largest absolute Gasteiger partial charge is 0.444 e. The number of aryl methyl sites for hydroxylation is 2. The van der Waals surface area contributed by atoms with Crippen molar-refractivity contribution in [3.63, 3.8) is 0 Å². The molecule has 25 heavy (non-hydrogen) atoms. The Kier molecular flexibility index (Phi) is 4.34. The Morgan fingerprint density at radius 1 is 1.28 bits per heavy atom. The molecule has 9 heteroatoms. The van der Waals surface area contributed by atoms with E-state index in [1.165, 1.54) is 24.7 Å². The summed E-state index contributed by atoms with van der Waals surface area (Å²) in [6.45, 7) is 1.88. The van der Waals surface area contributed by atoms with E-state index in [4.69, 9.17) is 4.42 Å². The molecule has 1 amide bonds. The lowest BCUT2D eigenvalue weighted by Gasteiger charge is -2.14. The van der Waals surface area contributed by atoms with Gasteiger partial charge in [0.1, 0.15) is 5.39 Å². The summed E-state index contributed by atoms with van der Waals surface area (Å²) in [5.41, 5.74) is 0.225. The number of halogens is 1. The number of aromatic nitrogens is 3. The van der Waals surface area contributed by atoms with Crippen LogP contribution in [0.3, 0.4) is 0 Å². The molecule has 0 spiro atoms. The number of carbonyl (C=O) groups is 1. The van der Waals surface area contributed by atoms with Gasteiger partial charge in [0.05, 0.1) is 5.69 Å². The molecule has 3 aromatic heterocycles. The zero-order valence-corrected chi connectivity index (χ0v) is 15.4. The minimum Gasteiger partial charge on any atom is -0.444 e. The first-order valence-corrected chi connectivity index (χ1v) is 8.28. The topological polar surface area (TPSA) is 99.1 Å². The number of rotatable bonds is 3. The molecule has 130 valence electrons. The number of amides is 1. The minimum atomic E-state index is -0.517. The molecule has 0 bridgehead atoms. The maximum atomic E-state index is 12.6. The Morgan fingerprint density at radius 3 is 2.60 bits per heavy atom. The van der Waals surface area contributed by atoms with Gasteiger partial charge < -0.3 is 9.73 Å². The van der Waals surface area contributed by atoms with Crippen molar-refractivity contribution in [3.8, 4) is 0 Å². The highest BCUT2D eigenvalue weighted by molar-refractivity contribution is 9.10. The highest BCUT2D eigenvalue weighted by Gasteiger charge is 2.20. The average molecular weight is 407 g/mol. The van der Waals surface area contributed by atoms with Gasteiger partial charge in [-0.15, -0.1) is 0 Å². The van der Waals surface area contributed by atoms with Crippen molar-refractivity contribution in [2.24, 2.45) is 14.1 Å². The molecular formula is C16H15BrN4O4. The number of fused-ring (bicyclic) bond motifs is 1. The first kappa shape index (κ1) is 17.2. The van der Waals surface area contributed by atoms with Gasteiger partial charge in [-0.3, -0.25) is 18.7 Å². The van der Waals surface area contributed by atoms with E-state index in [0.29, 0.717) is 22.3 Å². The van der Waals surface area contributed by atoms with E-state index in [9.17, 15) is 14.4 Å². The molecule has 0 aliphatic carbocycles. The van der Waals surface area contributed by atoms with Crippen LogP contribution >= 0.6 is 15.9 Å². The van der Waals surface area contributed by atoms with Crippen molar-refractivity contribution >= 4 is 38.6 Å². The molecule has 3 aromatic rings. The molecular weight excluding hydrogens is 392 g/mol. The summed E-state index contributed by atoms with van der Waals surface area (Å²) in [6, 6.07) is 3.12. The van der Waals surface area contributed by atoms with Crippen LogP contribution in [0.5, 0.6) is 0 Å². The number of hydrogen-bond donors (Lipinski definition) is 1. The number of furan rings is 1. The van der Waals surface area contributed by atoms with Gasteiger partial charge in [-0.1, -0.05) is 6.92 Å². The van der Waals surface area contributed by atoms with Crippen LogP contribution in [0.1, 0.15) is 23.0 Å². The smallest absolute Gasteiger partial charge is 0.332 e. The van der Waals surface area contributed by atoms with Gasteiger partial charge in [-0.25, -0.2) is 9.78 Å². The van der Waals surface area contributed by atoms with Crippen LogP contribution < -0.4 is 16.6 Å². The van der Waals surface area contributed by atoms with Crippen LogP contribution in [0, 0.1) is 0 Å². The summed E-state index contributed by atoms with van der Waals surface area (Å²) in [5.74, 6) is -0.399. The average Bonchev–Trinajstić information content (AvgIpc) is 3.04. The molecule has 8 nitrogen and oxygen atoms in total. The second-order valence-electron chi connectivity index (χ2n) is 5.47. The zero-order valence-electron chi connectivity index (χ0n) is 13.8. The van der Waals surface area contributed by atoms with Gasteiger partial charge in [-0.2, -0.15) is 0 Å². The summed E-state index contributed by atoms with van der Waals surface area (Å²) >= 11 is 3.14. The van der Waals surface area contributed by atoms with Crippen LogP contribution in [-0.4, -0.2) is 20.0 Å². The minimum absolute atomic E-state index is 0.0977. The Morgan fingerprint density at radius 2 is 2.00 bits per heavy atom.